The highest BCUT2D eigenvalue weighted by atomic mass is 32.2. The molecule has 3 N–H and O–H groups in total. The molecule has 0 spiro atoms. The van der Waals surface area contributed by atoms with Crippen molar-refractivity contribution in [1.29, 1.82) is 0 Å². The van der Waals surface area contributed by atoms with Crippen molar-refractivity contribution >= 4 is 38.9 Å². The molecule has 7 nitrogen and oxygen atoms in total. The van der Waals surface area contributed by atoms with Crippen molar-refractivity contribution in [3.05, 3.63) is 48.0 Å². The van der Waals surface area contributed by atoms with E-state index in [1.165, 1.54) is 25.1 Å². The molecule has 0 fully saturated rings. The molecule has 0 radical (unpaired) electrons. The maximum Gasteiger partial charge on any atom is 0.261 e. The molecule has 26 heavy (non-hydrogen) atoms. The predicted molar refractivity (Wildman–Crippen MR) is 99.5 cm³/mol. The second-order valence-electron chi connectivity index (χ2n) is 6.07. The summed E-state index contributed by atoms with van der Waals surface area (Å²) in [6.07, 6.45) is 0.790. The molecule has 0 saturated carbocycles. The Bertz CT molecular complexity index is 986. The Morgan fingerprint density at radius 3 is 2.38 bits per heavy atom. The number of sulfonamides is 1. The zero-order valence-electron chi connectivity index (χ0n) is 14.4. The number of benzene rings is 2. The average molecular weight is 373 g/mol. The van der Waals surface area contributed by atoms with Gasteiger partial charge in [-0.25, -0.2) is 8.42 Å². The molecule has 8 heteroatoms. The summed E-state index contributed by atoms with van der Waals surface area (Å²) in [6.45, 7) is 3.47. The summed E-state index contributed by atoms with van der Waals surface area (Å²) in [5.74, 6) is -1.79. The van der Waals surface area contributed by atoms with Gasteiger partial charge < -0.3 is 10.6 Å². The topological polar surface area (TPSA) is 104 Å². The van der Waals surface area contributed by atoms with Gasteiger partial charge in [-0.2, -0.15) is 0 Å². The number of aryl methyl sites for hydroxylation is 1. The number of hydrogen-bond acceptors (Lipinski definition) is 4. The number of fused-ring (bicyclic) bond motifs is 1. The van der Waals surface area contributed by atoms with Crippen LogP contribution in [0.2, 0.25) is 0 Å². The smallest absolute Gasteiger partial charge is 0.261 e. The van der Waals surface area contributed by atoms with Crippen LogP contribution in [0.15, 0.2) is 47.4 Å². The number of carbonyl (C=O) groups excluding carboxylic acids is 2. The van der Waals surface area contributed by atoms with E-state index in [-0.39, 0.29) is 10.6 Å². The molecule has 0 aromatic heterocycles. The molecule has 2 aromatic rings. The molecule has 0 saturated heterocycles. The van der Waals surface area contributed by atoms with E-state index >= 15 is 0 Å². The van der Waals surface area contributed by atoms with Crippen LogP contribution in [0.1, 0.15) is 19.4 Å². The Balaban J connectivity index is 1.93. The summed E-state index contributed by atoms with van der Waals surface area (Å²) in [6, 6.07) is 11.3. The van der Waals surface area contributed by atoms with Crippen molar-refractivity contribution in [1.82, 2.24) is 0 Å². The van der Waals surface area contributed by atoms with Gasteiger partial charge in [0.2, 0.25) is 11.8 Å². The van der Waals surface area contributed by atoms with Crippen LogP contribution in [-0.2, 0) is 26.0 Å². The zero-order chi connectivity index (χ0) is 18.9. The minimum atomic E-state index is -3.84. The van der Waals surface area contributed by atoms with Gasteiger partial charge in [-0.15, -0.1) is 0 Å². The monoisotopic (exact) mass is 373 g/mol. The molecule has 2 aromatic carbocycles. The normalized spacial score (nSPS) is 16.9. The Labute approximate surface area is 151 Å². The molecule has 136 valence electrons. The lowest BCUT2D eigenvalue weighted by Gasteiger charge is -2.12. The van der Waals surface area contributed by atoms with E-state index in [0.29, 0.717) is 11.4 Å². The third-order valence-corrected chi connectivity index (χ3v) is 5.57. The van der Waals surface area contributed by atoms with Crippen LogP contribution in [0.5, 0.6) is 0 Å². The molecule has 1 unspecified atom stereocenters. The molecule has 0 bridgehead atoms. The van der Waals surface area contributed by atoms with Crippen molar-refractivity contribution in [3.8, 4) is 0 Å². The second kappa shape index (κ2) is 6.80. The quantitative estimate of drug-likeness (QED) is 0.717. The first-order chi connectivity index (χ1) is 12.3. The fraction of sp³-hybridized carbons (Fsp3) is 0.222. The number of carbonyl (C=O) groups is 2. The van der Waals surface area contributed by atoms with Crippen molar-refractivity contribution < 1.29 is 18.0 Å². The zero-order valence-corrected chi connectivity index (χ0v) is 15.2. The number of nitrogens with one attached hydrogen (secondary N) is 3. The maximum atomic E-state index is 12.7. The van der Waals surface area contributed by atoms with Gasteiger partial charge in [0.15, 0.2) is 0 Å². The average Bonchev–Trinajstić information content (AvgIpc) is 2.71. The van der Waals surface area contributed by atoms with E-state index < -0.39 is 27.8 Å². The first-order valence-corrected chi connectivity index (χ1v) is 9.66. The third-order valence-electron chi connectivity index (χ3n) is 4.19. The highest BCUT2D eigenvalue weighted by Crippen LogP contribution is 2.29. The van der Waals surface area contributed by atoms with Crippen LogP contribution in [0.3, 0.4) is 0 Å². The maximum absolute atomic E-state index is 12.7. The fourth-order valence-corrected chi connectivity index (χ4v) is 3.65. The van der Waals surface area contributed by atoms with Crippen LogP contribution in [-0.4, -0.2) is 20.2 Å². The van der Waals surface area contributed by atoms with Crippen molar-refractivity contribution in [2.45, 2.75) is 25.2 Å². The number of amides is 2. The SMILES string of the molecule is CCc1cccc(NS(=O)(=O)c2ccc3c(c2)NC(=O)C(C)C(=O)N3)c1. The van der Waals surface area contributed by atoms with Gasteiger partial charge in [0, 0.05) is 5.69 Å². The van der Waals surface area contributed by atoms with Crippen LogP contribution >= 0.6 is 0 Å². The lowest BCUT2D eigenvalue weighted by molar-refractivity contribution is -0.128. The van der Waals surface area contributed by atoms with Crippen molar-refractivity contribution in [3.63, 3.8) is 0 Å². The fourth-order valence-electron chi connectivity index (χ4n) is 2.57. The molecule has 0 aliphatic carbocycles. The molecular formula is C18H19N3O4S. The second-order valence-corrected chi connectivity index (χ2v) is 7.75. The predicted octanol–water partition coefficient (Wildman–Crippen LogP) is 2.58. The summed E-state index contributed by atoms with van der Waals surface area (Å²) in [7, 11) is -3.84. The van der Waals surface area contributed by atoms with Crippen LogP contribution in [0.4, 0.5) is 17.1 Å². The summed E-state index contributed by atoms with van der Waals surface area (Å²) in [4.78, 5) is 23.8. The molecule has 2 amide bonds. The minimum absolute atomic E-state index is 0.0118. The molecule has 1 atom stereocenters. The Morgan fingerprint density at radius 2 is 1.69 bits per heavy atom. The van der Waals surface area contributed by atoms with Gasteiger partial charge in [-0.1, -0.05) is 19.1 Å². The summed E-state index contributed by atoms with van der Waals surface area (Å²) in [5, 5.41) is 5.19. The molecule has 1 aliphatic heterocycles. The molecular weight excluding hydrogens is 354 g/mol. The van der Waals surface area contributed by atoms with Crippen LogP contribution < -0.4 is 15.4 Å². The largest absolute Gasteiger partial charge is 0.324 e. The first kappa shape index (κ1) is 17.9. The number of anilines is 3. The molecule has 3 rings (SSSR count). The lowest BCUT2D eigenvalue weighted by Crippen LogP contribution is -2.28. The van der Waals surface area contributed by atoms with Gasteiger partial charge >= 0.3 is 0 Å². The summed E-state index contributed by atoms with van der Waals surface area (Å²) in [5.41, 5.74) is 2.08. The van der Waals surface area contributed by atoms with Gasteiger partial charge in [0.25, 0.3) is 10.0 Å². The first-order valence-electron chi connectivity index (χ1n) is 8.17. The Hall–Kier alpha value is -2.87. The van der Waals surface area contributed by atoms with Crippen LogP contribution in [0, 0.1) is 5.92 Å². The Morgan fingerprint density at radius 1 is 1.00 bits per heavy atom. The molecule has 1 heterocycles. The standard InChI is InChI=1S/C18H19N3O4S/c1-3-12-5-4-6-13(9-12)21-26(24,25)14-7-8-15-16(10-14)20-18(23)11(2)17(22)19-15/h4-11,21H,3H2,1-2H3,(H,19,22)(H,20,23). The highest BCUT2D eigenvalue weighted by Gasteiger charge is 2.27. The summed E-state index contributed by atoms with van der Waals surface area (Å²) < 4.78 is 27.9. The highest BCUT2D eigenvalue weighted by molar-refractivity contribution is 7.92. The van der Waals surface area contributed by atoms with E-state index in [0.717, 1.165) is 12.0 Å². The molecule has 1 aliphatic rings. The number of hydrogen-bond donors (Lipinski definition) is 3. The van der Waals surface area contributed by atoms with Gasteiger partial charge in [0.1, 0.15) is 5.92 Å². The Kier molecular flexibility index (Phi) is 4.69. The van der Waals surface area contributed by atoms with E-state index in [4.69, 9.17) is 0 Å². The lowest BCUT2D eigenvalue weighted by atomic mass is 10.1. The van der Waals surface area contributed by atoms with E-state index in [2.05, 4.69) is 15.4 Å². The van der Waals surface area contributed by atoms with Crippen molar-refractivity contribution in [2.24, 2.45) is 5.92 Å². The van der Waals surface area contributed by atoms with E-state index in [9.17, 15) is 18.0 Å². The van der Waals surface area contributed by atoms with Crippen molar-refractivity contribution in [2.75, 3.05) is 15.4 Å². The third kappa shape index (κ3) is 3.55. The summed E-state index contributed by atoms with van der Waals surface area (Å²) >= 11 is 0. The van der Waals surface area contributed by atoms with E-state index in [1.807, 2.05) is 13.0 Å². The van der Waals surface area contributed by atoms with Gasteiger partial charge in [0.05, 0.1) is 16.3 Å². The number of rotatable bonds is 4. The minimum Gasteiger partial charge on any atom is -0.324 e. The van der Waals surface area contributed by atoms with Gasteiger partial charge in [-0.05, 0) is 49.2 Å². The van der Waals surface area contributed by atoms with E-state index in [1.54, 1.807) is 18.2 Å². The van der Waals surface area contributed by atoms with Crippen LogP contribution in [0.25, 0.3) is 0 Å². The van der Waals surface area contributed by atoms with Gasteiger partial charge in [-0.3, -0.25) is 14.3 Å².